The molecule has 0 bridgehead atoms. The Bertz CT molecular complexity index is 362. The Morgan fingerprint density at radius 2 is 1.88 bits per heavy atom. The molecule has 0 saturated carbocycles. The lowest BCUT2D eigenvalue weighted by molar-refractivity contribution is -0.142. The normalized spacial score (nSPS) is 13.2. The molecule has 0 aromatic carbocycles. The molecule has 0 spiro atoms. The molecule has 1 N–H and O–H groups in total. The molecule has 94 valence electrons. The van der Waals surface area contributed by atoms with Gasteiger partial charge < -0.3 is 10.0 Å². The average molecular weight is 251 g/mol. The van der Waals surface area contributed by atoms with Crippen LogP contribution in [0.3, 0.4) is 0 Å². The van der Waals surface area contributed by atoms with Gasteiger partial charge in [0.15, 0.2) is 9.84 Å². The standard InChI is InChI=1S/C9H17NO5S/c1-4-16(14,15)6-8(11)10(3)5-7(2)9(12)13/h7H,4-6H2,1-3H3,(H,12,13). The molecule has 0 aliphatic heterocycles. The van der Waals surface area contributed by atoms with E-state index in [1.807, 2.05) is 0 Å². The van der Waals surface area contributed by atoms with Crippen LogP contribution in [-0.4, -0.2) is 55.4 Å². The van der Waals surface area contributed by atoms with E-state index in [1.54, 1.807) is 0 Å². The number of carbonyl (C=O) groups is 2. The maximum Gasteiger partial charge on any atom is 0.308 e. The van der Waals surface area contributed by atoms with Crippen molar-refractivity contribution in [3.8, 4) is 0 Å². The molecule has 0 aromatic rings. The van der Waals surface area contributed by atoms with E-state index in [1.165, 1.54) is 20.9 Å². The fourth-order valence-corrected chi connectivity index (χ4v) is 1.79. The molecule has 0 saturated heterocycles. The molecule has 16 heavy (non-hydrogen) atoms. The first-order valence-corrected chi connectivity index (χ1v) is 6.69. The van der Waals surface area contributed by atoms with Gasteiger partial charge in [-0.1, -0.05) is 13.8 Å². The van der Waals surface area contributed by atoms with Crippen molar-refractivity contribution in [1.29, 1.82) is 0 Å². The lowest BCUT2D eigenvalue weighted by atomic mass is 10.2. The van der Waals surface area contributed by atoms with Gasteiger partial charge >= 0.3 is 5.97 Å². The van der Waals surface area contributed by atoms with Gasteiger partial charge in [0.25, 0.3) is 0 Å². The summed E-state index contributed by atoms with van der Waals surface area (Å²) in [6, 6.07) is 0. The van der Waals surface area contributed by atoms with Gasteiger partial charge in [-0.3, -0.25) is 9.59 Å². The van der Waals surface area contributed by atoms with Gasteiger partial charge in [-0.25, -0.2) is 8.42 Å². The number of nitrogens with zero attached hydrogens (tertiary/aromatic N) is 1. The van der Waals surface area contributed by atoms with Crippen molar-refractivity contribution in [2.45, 2.75) is 13.8 Å². The number of aliphatic carboxylic acids is 1. The molecule has 1 atom stereocenters. The smallest absolute Gasteiger partial charge is 0.308 e. The van der Waals surface area contributed by atoms with Crippen LogP contribution in [0, 0.1) is 5.92 Å². The molecule has 1 amide bonds. The van der Waals surface area contributed by atoms with Crippen molar-refractivity contribution in [1.82, 2.24) is 4.90 Å². The second kappa shape index (κ2) is 5.83. The number of carboxylic acids is 1. The van der Waals surface area contributed by atoms with Crippen LogP contribution in [0.2, 0.25) is 0 Å². The summed E-state index contributed by atoms with van der Waals surface area (Å²) in [5, 5.41) is 8.64. The predicted molar refractivity (Wildman–Crippen MR) is 58.8 cm³/mol. The molecule has 7 heteroatoms. The van der Waals surface area contributed by atoms with Crippen molar-refractivity contribution < 1.29 is 23.1 Å². The van der Waals surface area contributed by atoms with Crippen LogP contribution in [0.1, 0.15) is 13.8 Å². The van der Waals surface area contributed by atoms with Crippen molar-refractivity contribution in [3.63, 3.8) is 0 Å². The van der Waals surface area contributed by atoms with E-state index in [0.29, 0.717) is 0 Å². The van der Waals surface area contributed by atoms with Crippen molar-refractivity contribution in [2.75, 3.05) is 25.1 Å². The highest BCUT2D eigenvalue weighted by Crippen LogP contribution is 2.00. The van der Waals surface area contributed by atoms with E-state index in [2.05, 4.69) is 0 Å². The summed E-state index contributed by atoms with van der Waals surface area (Å²) in [6.07, 6.45) is 0. The van der Waals surface area contributed by atoms with Crippen LogP contribution in [0.4, 0.5) is 0 Å². The SMILES string of the molecule is CCS(=O)(=O)CC(=O)N(C)CC(C)C(=O)O. The minimum atomic E-state index is -3.36. The first-order valence-electron chi connectivity index (χ1n) is 4.86. The van der Waals surface area contributed by atoms with Crippen LogP contribution in [0.5, 0.6) is 0 Å². The van der Waals surface area contributed by atoms with Gasteiger partial charge in [-0.15, -0.1) is 0 Å². The Kier molecular flexibility index (Phi) is 5.43. The van der Waals surface area contributed by atoms with Crippen LogP contribution in [0.25, 0.3) is 0 Å². The van der Waals surface area contributed by atoms with Gasteiger partial charge in [-0.05, 0) is 0 Å². The van der Waals surface area contributed by atoms with Gasteiger partial charge in [0.05, 0.1) is 5.92 Å². The molecule has 6 nitrogen and oxygen atoms in total. The zero-order chi connectivity index (χ0) is 12.9. The lowest BCUT2D eigenvalue weighted by Crippen LogP contribution is -2.37. The van der Waals surface area contributed by atoms with Crippen molar-refractivity contribution >= 4 is 21.7 Å². The zero-order valence-corrected chi connectivity index (χ0v) is 10.5. The molecule has 0 heterocycles. The third-order valence-electron chi connectivity index (χ3n) is 2.18. The summed E-state index contributed by atoms with van der Waals surface area (Å²) in [6.45, 7) is 2.93. The van der Waals surface area contributed by atoms with E-state index < -0.39 is 33.4 Å². The lowest BCUT2D eigenvalue weighted by Gasteiger charge is -2.19. The second-order valence-electron chi connectivity index (χ2n) is 3.69. The van der Waals surface area contributed by atoms with E-state index >= 15 is 0 Å². The Hall–Kier alpha value is -1.11. The highest BCUT2D eigenvalue weighted by atomic mass is 32.2. The van der Waals surface area contributed by atoms with Crippen LogP contribution in [0.15, 0.2) is 0 Å². The number of carbonyl (C=O) groups excluding carboxylic acids is 1. The Balaban J connectivity index is 4.36. The second-order valence-corrected chi connectivity index (χ2v) is 6.04. The summed E-state index contributed by atoms with van der Waals surface area (Å²) >= 11 is 0. The number of carboxylic acid groups (broad SMARTS) is 1. The number of rotatable bonds is 6. The van der Waals surface area contributed by atoms with Crippen LogP contribution >= 0.6 is 0 Å². The molecule has 0 radical (unpaired) electrons. The number of sulfone groups is 1. The third-order valence-corrected chi connectivity index (χ3v) is 3.74. The largest absolute Gasteiger partial charge is 0.481 e. The summed E-state index contributed by atoms with van der Waals surface area (Å²) in [7, 11) is -1.96. The molecule has 0 aliphatic carbocycles. The molecular weight excluding hydrogens is 234 g/mol. The van der Waals surface area contributed by atoms with Crippen molar-refractivity contribution in [2.24, 2.45) is 5.92 Å². The van der Waals surface area contributed by atoms with E-state index in [0.717, 1.165) is 4.90 Å². The maximum atomic E-state index is 11.4. The first-order chi connectivity index (χ1) is 7.19. The summed E-state index contributed by atoms with van der Waals surface area (Å²) in [5.74, 6) is -2.96. The van der Waals surface area contributed by atoms with Gasteiger partial charge in [0.2, 0.25) is 5.91 Å². The number of hydrogen-bond acceptors (Lipinski definition) is 4. The van der Waals surface area contributed by atoms with Gasteiger partial charge in [0, 0.05) is 19.3 Å². The summed E-state index contributed by atoms with van der Waals surface area (Å²) in [5.41, 5.74) is 0. The fourth-order valence-electron chi connectivity index (χ4n) is 0.991. The highest BCUT2D eigenvalue weighted by Gasteiger charge is 2.21. The molecule has 0 aromatic heterocycles. The molecule has 0 rings (SSSR count). The number of amides is 1. The molecular formula is C9H17NO5S. The van der Waals surface area contributed by atoms with E-state index in [9.17, 15) is 18.0 Å². The highest BCUT2D eigenvalue weighted by molar-refractivity contribution is 7.92. The predicted octanol–water partition coefficient (Wildman–Crippen LogP) is -0.400. The quantitative estimate of drug-likeness (QED) is 0.693. The number of hydrogen-bond donors (Lipinski definition) is 1. The molecule has 1 unspecified atom stereocenters. The summed E-state index contributed by atoms with van der Waals surface area (Å²) < 4.78 is 22.3. The van der Waals surface area contributed by atoms with Crippen LogP contribution in [-0.2, 0) is 19.4 Å². The van der Waals surface area contributed by atoms with Crippen LogP contribution < -0.4 is 0 Å². The molecule has 0 fully saturated rings. The minimum absolute atomic E-state index is 0.00734. The maximum absolute atomic E-state index is 11.4. The monoisotopic (exact) mass is 251 g/mol. The van der Waals surface area contributed by atoms with Gasteiger partial charge in [-0.2, -0.15) is 0 Å². The topological polar surface area (TPSA) is 91.8 Å². The third kappa shape index (κ3) is 5.11. The zero-order valence-electron chi connectivity index (χ0n) is 9.63. The minimum Gasteiger partial charge on any atom is -0.481 e. The Morgan fingerprint density at radius 1 is 1.38 bits per heavy atom. The van der Waals surface area contributed by atoms with E-state index in [4.69, 9.17) is 5.11 Å². The first kappa shape index (κ1) is 14.9. The summed E-state index contributed by atoms with van der Waals surface area (Å²) in [4.78, 5) is 23.1. The Labute approximate surface area is 95.2 Å². The molecule has 0 aliphatic rings. The van der Waals surface area contributed by atoms with Gasteiger partial charge in [0.1, 0.15) is 5.75 Å². The fraction of sp³-hybridized carbons (Fsp3) is 0.778. The average Bonchev–Trinajstić information content (AvgIpc) is 2.16. The van der Waals surface area contributed by atoms with Crippen molar-refractivity contribution in [3.05, 3.63) is 0 Å². The Morgan fingerprint density at radius 3 is 2.25 bits per heavy atom. The van der Waals surface area contributed by atoms with E-state index in [-0.39, 0.29) is 12.3 Å².